The Kier molecular flexibility index (Phi) is 7.21. The summed E-state index contributed by atoms with van der Waals surface area (Å²) in [6.45, 7) is 3.34. The summed E-state index contributed by atoms with van der Waals surface area (Å²) in [5, 5.41) is 6.34. The van der Waals surface area contributed by atoms with Gasteiger partial charge in [0.25, 0.3) is 0 Å². The van der Waals surface area contributed by atoms with Crippen LogP contribution in [0.1, 0.15) is 45.4 Å². The lowest BCUT2D eigenvalue weighted by Gasteiger charge is -2.26. The van der Waals surface area contributed by atoms with Gasteiger partial charge in [0.15, 0.2) is 0 Å². The average Bonchev–Trinajstić information content (AvgIpc) is 2.35. The third-order valence-electron chi connectivity index (χ3n) is 3.31. The van der Waals surface area contributed by atoms with E-state index >= 15 is 0 Å². The fraction of sp³-hybridized carbons (Fsp3) is 0.923. The van der Waals surface area contributed by atoms with E-state index in [4.69, 9.17) is 4.74 Å². The topological polar surface area (TPSA) is 50.4 Å². The summed E-state index contributed by atoms with van der Waals surface area (Å²) in [5.74, 6) is 0.103. The van der Waals surface area contributed by atoms with Crippen molar-refractivity contribution in [1.82, 2.24) is 10.6 Å². The Morgan fingerprint density at radius 3 is 2.71 bits per heavy atom. The van der Waals surface area contributed by atoms with Gasteiger partial charge >= 0.3 is 0 Å². The lowest BCUT2D eigenvalue weighted by molar-refractivity contribution is -0.123. The number of ether oxygens (including phenoxy) is 1. The minimum atomic E-state index is -0.0827. The summed E-state index contributed by atoms with van der Waals surface area (Å²) in [6.07, 6.45) is 7.22. The first-order valence-electron chi connectivity index (χ1n) is 6.76. The molecule has 17 heavy (non-hydrogen) atoms. The molecule has 0 saturated heterocycles. The van der Waals surface area contributed by atoms with Gasteiger partial charge < -0.3 is 15.4 Å². The predicted molar refractivity (Wildman–Crippen MR) is 69.0 cm³/mol. The zero-order chi connectivity index (χ0) is 12.5. The first kappa shape index (κ1) is 14.5. The third-order valence-corrected chi connectivity index (χ3v) is 3.31. The van der Waals surface area contributed by atoms with Gasteiger partial charge in [-0.05, 0) is 26.2 Å². The van der Waals surface area contributed by atoms with E-state index in [1.165, 1.54) is 32.1 Å². The largest absolute Gasteiger partial charge is 0.385 e. The number of hydrogen-bond donors (Lipinski definition) is 2. The number of carbonyl (C=O) groups excluding carboxylic acids is 1. The molecule has 4 heteroatoms. The highest BCUT2D eigenvalue weighted by Gasteiger charge is 2.19. The van der Waals surface area contributed by atoms with Gasteiger partial charge in [-0.1, -0.05) is 19.3 Å². The quantitative estimate of drug-likeness (QED) is 0.664. The maximum absolute atomic E-state index is 11.8. The van der Waals surface area contributed by atoms with Crippen LogP contribution in [-0.2, 0) is 9.53 Å². The van der Waals surface area contributed by atoms with Crippen LogP contribution >= 0.6 is 0 Å². The van der Waals surface area contributed by atoms with Crippen molar-refractivity contribution in [1.29, 1.82) is 0 Å². The molecule has 0 aliphatic heterocycles. The first-order chi connectivity index (χ1) is 8.24. The first-order valence-corrected chi connectivity index (χ1v) is 6.76. The predicted octanol–water partition coefficient (Wildman–Crippen LogP) is 1.45. The molecule has 1 amide bonds. The SMILES string of the molecule is COCCCNC(=O)[C@@H](C)NC1CCCCC1. The molecular weight excluding hydrogens is 216 g/mol. The van der Waals surface area contributed by atoms with Crippen LogP contribution in [0.5, 0.6) is 0 Å². The Balaban J connectivity index is 2.12. The molecule has 0 unspecified atom stereocenters. The van der Waals surface area contributed by atoms with Crippen molar-refractivity contribution in [2.45, 2.75) is 57.5 Å². The number of rotatable bonds is 7. The second-order valence-corrected chi connectivity index (χ2v) is 4.86. The van der Waals surface area contributed by atoms with Crippen LogP contribution < -0.4 is 10.6 Å². The van der Waals surface area contributed by atoms with Crippen molar-refractivity contribution in [3.63, 3.8) is 0 Å². The second kappa shape index (κ2) is 8.48. The highest BCUT2D eigenvalue weighted by molar-refractivity contribution is 5.81. The van der Waals surface area contributed by atoms with Crippen LogP contribution in [0.3, 0.4) is 0 Å². The molecule has 1 atom stereocenters. The number of carbonyl (C=O) groups is 1. The van der Waals surface area contributed by atoms with Gasteiger partial charge in [-0.25, -0.2) is 0 Å². The summed E-state index contributed by atoms with van der Waals surface area (Å²) >= 11 is 0. The number of nitrogens with one attached hydrogen (secondary N) is 2. The second-order valence-electron chi connectivity index (χ2n) is 4.86. The Morgan fingerprint density at radius 2 is 2.06 bits per heavy atom. The molecule has 4 nitrogen and oxygen atoms in total. The van der Waals surface area contributed by atoms with E-state index in [2.05, 4.69) is 10.6 Å². The van der Waals surface area contributed by atoms with E-state index in [9.17, 15) is 4.79 Å². The van der Waals surface area contributed by atoms with Crippen molar-refractivity contribution < 1.29 is 9.53 Å². The summed E-state index contributed by atoms with van der Waals surface area (Å²) < 4.78 is 4.94. The fourth-order valence-corrected chi connectivity index (χ4v) is 2.28. The van der Waals surface area contributed by atoms with Gasteiger partial charge in [-0.2, -0.15) is 0 Å². The van der Waals surface area contributed by atoms with Crippen molar-refractivity contribution in [3.8, 4) is 0 Å². The number of methoxy groups -OCH3 is 1. The molecule has 0 aromatic carbocycles. The molecule has 1 aliphatic carbocycles. The molecule has 1 saturated carbocycles. The van der Waals surface area contributed by atoms with E-state index in [0.29, 0.717) is 19.2 Å². The monoisotopic (exact) mass is 242 g/mol. The lowest BCUT2D eigenvalue weighted by atomic mass is 9.95. The van der Waals surface area contributed by atoms with Crippen LogP contribution in [0, 0.1) is 0 Å². The molecule has 0 radical (unpaired) electrons. The summed E-state index contributed by atoms with van der Waals surface area (Å²) in [4.78, 5) is 11.8. The molecule has 0 spiro atoms. The zero-order valence-electron chi connectivity index (χ0n) is 11.1. The van der Waals surface area contributed by atoms with Crippen LogP contribution in [0.15, 0.2) is 0 Å². The summed E-state index contributed by atoms with van der Waals surface area (Å²) in [5.41, 5.74) is 0. The molecule has 1 fully saturated rings. The van der Waals surface area contributed by atoms with Gasteiger partial charge in [0, 0.05) is 26.3 Å². The van der Waals surface area contributed by atoms with Gasteiger partial charge in [-0.15, -0.1) is 0 Å². The maximum atomic E-state index is 11.8. The van der Waals surface area contributed by atoms with E-state index in [0.717, 1.165) is 6.42 Å². The molecule has 1 rings (SSSR count). The van der Waals surface area contributed by atoms with Crippen LogP contribution in [0.25, 0.3) is 0 Å². The highest BCUT2D eigenvalue weighted by Crippen LogP contribution is 2.17. The van der Waals surface area contributed by atoms with Gasteiger partial charge in [-0.3, -0.25) is 4.79 Å². The van der Waals surface area contributed by atoms with Crippen molar-refractivity contribution in [2.75, 3.05) is 20.3 Å². The zero-order valence-corrected chi connectivity index (χ0v) is 11.1. The Labute approximate surface area is 104 Å². The van der Waals surface area contributed by atoms with Gasteiger partial charge in [0.1, 0.15) is 0 Å². The van der Waals surface area contributed by atoms with Crippen molar-refractivity contribution in [3.05, 3.63) is 0 Å². The minimum absolute atomic E-state index is 0.0827. The molecule has 0 bridgehead atoms. The lowest BCUT2D eigenvalue weighted by Crippen LogP contribution is -2.47. The van der Waals surface area contributed by atoms with Crippen LogP contribution in [0.4, 0.5) is 0 Å². The highest BCUT2D eigenvalue weighted by atomic mass is 16.5. The molecule has 1 aliphatic rings. The minimum Gasteiger partial charge on any atom is -0.385 e. The van der Waals surface area contributed by atoms with Crippen LogP contribution in [-0.4, -0.2) is 38.3 Å². The van der Waals surface area contributed by atoms with E-state index < -0.39 is 0 Å². The van der Waals surface area contributed by atoms with Gasteiger partial charge in [0.2, 0.25) is 5.91 Å². The Bertz CT molecular complexity index is 215. The molecular formula is C13H26N2O2. The van der Waals surface area contributed by atoms with Gasteiger partial charge in [0.05, 0.1) is 6.04 Å². The normalized spacial score (nSPS) is 18.9. The molecule has 100 valence electrons. The van der Waals surface area contributed by atoms with E-state index in [1.807, 2.05) is 6.92 Å². The van der Waals surface area contributed by atoms with E-state index in [1.54, 1.807) is 7.11 Å². The van der Waals surface area contributed by atoms with Crippen LogP contribution in [0.2, 0.25) is 0 Å². The number of amides is 1. The van der Waals surface area contributed by atoms with E-state index in [-0.39, 0.29) is 11.9 Å². The molecule has 2 N–H and O–H groups in total. The molecule has 0 heterocycles. The average molecular weight is 242 g/mol. The Hall–Kier alpha value is -0.610. The molecule has 0 aromatic heterocycles. The smallest absolute Gasteiger partial charge is 0.236 e. The maximum Gasteiger partial charge on any atom is 0.236 e. The molecule has 0 aromatic rings. The summed E-state index contributed by atoms with van der Waals surface area (Å²) in [6, 6.07) is 0.448. The number of hydrogen-bond acceptors (Lipinski definition) is 3. The third kappa shape index (κ3) is 6.03. The van der Waals surface area contributed by atoms with Crippen molar-refractivity contribution in [2.24, 2.45) is 0 Å². The fourth-order valence-electron chi connectivity index (χ4n) is 2.28. The van der Waals surface area contributed by atoms with Crippen molar-refractivity contribution >= 4 is 5.91 Å². The standard InChI is InChI=1S/C13H26N2O2/c1-11(13(16)14-9-6-10-17-2)15-12-7-4-3-5-8-12/h11-12,15H,3-10H2,1-2H3,(H,14,16)/t11-/m1/s1. The summed E-state index contributed by atoms with van der Waals surface area (Å²) in [7, 11) is 1.68. The Morgan fingerprint density at radius 1 is 1.35 bits per heavy atom.